The number of carboxylic acid groups (broad SMARTS) is 1. The van der Waals surface area contributed by atoms with E-state index in [1.54, 1.807) is 6.08 Å². The molecule has 0 aromatic rings. The molecule has 4 heteroatoms. The van der Waals surface area contributed by atoms with Crippen molar-refractivity contribution < 1.29 is 19.4 Å². The van der Waals surface area contributed by atoms with Gasteiger partial charge in [-0.3, -0.25) is 0 Å². The number of aliphatic carboxylic acids is 1. The van der Waals surface area contributed by atoms with E-state index < -0.39 is 5.97 Å². The summed E-state index contributed by atoms with van der Waals surface area (Å²) in [6, 6.07) is 0. The molecule has 11 heavy (non-hydrogen) atoms. The van der Waals surface area contributed by atoms with Crippen LogP contribution in [0, 0.1) is 0 Å². The van der Waals surface area contributed by atoms with Crippen LogP contribution < -0.4 is 0 Å². The Morgan fingerprint density at radius 3 is 2.64 bits per heavy atom. The Kier molecular flexibility index (Phi) is 6.67. The maximum atomic E-state index is 9.91. The first-order chi connectivity index (χ1) is 5.27. The minimum atomic E-state index is -0.964. The highest BCUT2D eigenvalue weighted by Crippen LogP contribution is 1.78. The third-order valence-electron chi connectivity index (χ3n) is 0.833. The van der Waals surface area contributed by atoms with E-state index in [2.05, 4.69) is 11.3 Å². The van der Waals surface area contributed by atoms with Gasteiger partial charge < -0.3 is 14.6 Å². The molecule has 0 radical (unpaired) electrons. The first-order valence-corrected chi connectivity index (χ1v) is 3.25. The Hall–Kier alpha value is -0.870. The molecule has 64 valence electrons. The normalized spacial score (nSPS) is 9.45. The topological polar surface area (TPSA) is 55.8 Å². The molecule has 0 aliphatic heterocycles. The van der Waals surface area contributed by atoms with Gasteiger partial charge in [0.15, 0.2) is 0 Å². The Balaban J connectivity index is 2.90. The number of ether oxygens (including phenoxy) is 2. The van der Waals surface area contributed by atoms with Crippen molar-refractivity contribution in [1.82, 2.24) is 0 Å². The zero-order chi connectivity index (χ0) is 8.53. The second-order valence-electron chi connectivity index (χ2n) is 1.81. The first-order valence-electron chi connectivity index (χ1n) is 3.25. The molecule has 0 unspecified atom stereocenters. The van der Waals surface area contributed by atoms with Gasteiger partial charge in [0.25, 0.3) is 0 Å². The summed E-state index contributed by atoms with van der Waals surface area (Å²) in [6.07, 6.45) is 1.62. The molecular formula is C7H12O4. The van der Waals surface area contributed by atoms with Gasteiger partial charge in [0.05, 0.1) is 19.8 Å². The van der Waals surface area contributed by atoms with Crippen molar-refractivity contribution in [1.29, 1.82) is 0 Å². The Labute approximate surface area is 65.4 Å². The van der Waals surface area contributed by atoms with Gasteiger partial charge in [0, 0.05) is 0 Å². The molecule has 4 nitrogen and oxygen atoms in total. The van der Waals surface area contributed by atoms with Crippen molar-refractivity contribution in [2.45, 2.75) is 0 Å². The van der Waals surface area contributed by atoms with E-state index in [0.717, 1.165) is 0 Å². The molecule has 0 rings (SSSR count). The third kappa shape index (κ3) is 9.13. The van der Waals surface area contributed by atoms with Gasteiger partial charge >= 0.3 is 5.97 Å². The highest BCUT2D eigenvalue weighted by molar-refractivity contribution is 5.67. The molecule has 0 bridgehead atoms. The summed E-state index contributed by atoms with van der Waals surface area (Å²) in [4.78, 5) is 9.91. The predicted octanol–water partition coefficient (Wildman–Crippen LogP) is 0.290. The van der Waals surface area contributed by atoms with E-state index in [1.807, 2.05) is 0 Å². The van der Waals surface area contributed by atoms with Crippen LogP contribution in [0.2, 0.25) is 0 Å². The van der Waals surface area contributed by atoms with Crippen LogP contribution in [0.5, 0.6) is 0 Å². The molecule has 0 aliphatic rings. The number of carboxylic acids is 1. The summed E-state index contributed by atoms with van der Waals surface area (Å²) in [6.45, 7) is 4.36. The van der Waals surface area contributed by atoms with Crippen molar-refractivity contribution >= 4 is 5.97 Å². The predicted molar refractivity (Wildman–Crippen MR) is 39.5 cm³/mol. The number of carbonyl (C=O) groups is 1. The molecule has 0 aromatic carbocycles. The molecule has 0 fully saturated rings. The Bertz CT molecular complexity index is 122. The lowest BCUT2D eigenvalue weighted by atomic mass is 10.7. The second-order valence-corrected chi connectivity index (χ2v) is 1.81. The van der Waals surface area contributed by atoms with Crippen LogP contribution in [0.15, 0.2) is 12.7 Å². The number of hydrogen-bond acceptors (Lipinski definition) is 3. The van der Waals surface area contributed by atoms with Crippen LogP contribution in [-0.2, 0) is 14.3 Å². The summed E-state index contributed by atoms with van der Waals surface area (Å²) in [5, 5.41) is 8.13. The van der Waals surface area contributed by atoms with Crippen molar-refractivity contribution in [3.05, 3.63) is 12.7 Å². The fourth-order valence-electron chi connectivity index (χ4n) is 0.444. The fourth-order valence-corrected chi connectivity index (χ4v) is 0.444. The van der Waals surface area contributed by atoms with Crippen LogP contribution in [0.4, 0.5) is 0 Å². The molecule has 1 N–H and O–H groups in total. The summed E-state index contributed by atoms with van der Waals surface area (Å²) in [7, 11) is 0. The van der Waals surface area contributed by atoms with E-state index in [1.165, 1.54) is 0 Å². The molecule has 0 heterocycles. The third-order valence-corrected chi connectivity index (χ3v) is 0.833. The monoisotopic (exact) mass is 160 g/mol. The van der Waals surface area contributed by atoms with Gasteiger partial charge in [0.2, 0.25) is 0 Å². The zero-order valence-corrected chi connectivity index (χ0v) is 6.28. The van der Waals surface area contributed by atoms with E-state index in [4.69, 9.17) is 9.84 Å². The lowest BCUT2D eigenvalue weighted by molar-refractivity contribution is -0.142. The summed E-state index contributed by atoms with van der Waals surface area (Å²) >= 11 is 0. The quantitative estimate of drug-likeness (QED) is 0.429. The highest BCUT2D eigenvalue weighted by atomic mass is 16.5. The molecule has 0 aliphatic carbocycles. The van der Waals surface area contributed by atoms with E-state index in [-0.39, 0.29) is 6.61 Å². The average Bonchev–Trinajstić information content (AvgIpc) is 1.96. The van der Waals surface area contributed by atoms with Crippen LogP contribution in [0.3, 0.4) is 0 Å². The summed E-state index contributed by atoms with van der Waals surface area (Å²) < 4.78 is 9.61. The van der Waals surface area contributed by atoms with Gasteiger partial charge in [-0.05, 0) is 0 Å². The van der Waals surface area contributed by atoms with Gasteiger partial charge in [0.1, 0.15) is 6.61 Å². The van der Waals surface area contributed by atoms with Crippen LogP contribution in [-0.4, -0.2) is 37.5 Å². The molecule has 0 atom stereocenters. The lowest BCUT2D eigenvalue weighted by Gasteiger charge is -2.00. The molecular weight excluding hydrogens is 148 g/mol. The van der Waals surface area contributed by atoms with Crippen LogP contribution >= 0.6 is 0 Å². The largest absolute Gasteiger partial charge is 0.480 e. The Morgan fingerprint density at radius 1 is 1.45 bits per heavy atom. The minimum absolute atomic E-state index is 0.266. The van der Waals surface area contributed by atoms with Crippen molar-refractivity contribution in [3.8, 4) is 0 Å². The lowest BCUT2D eigenvalue weighted by Crippen LogP contribution is -2.11. The number of rotatable bonds is 7. The first kappa shape index (κ1) is 10.1. The fraction of sp³-hybridized carbons (Fsp3) is 0.571. The number of hydrogen-bond donors (Lipinski definition) is 1. The summed E-state index contributed by atoms with van der Waals surface area (Å²) in [5.74, 6) is -0.964. The van der Waals surface area contributed by atoms with Crippen molar-refractivity contribution in [3.63, 3.8) is 0 Å². The van der Waals surface area contributed by atoms with E-state index >= 15 is 0 Å². The molecule has 0 aromatic heterocycles. The van der Waals surface area contributed by atoms with Crippen LogP contribution in [0.25, 0.3) is 0 Å². The summed E-state index contributed by atoms with van der Waals surface area (Å²) in [5.41, 5.74) is 0. The molecule has 0 saturated carbocycles. The van der Waals surface area contributed by atoms with Crippen molar-refractivity contribution in [2.75, 3.05) is 26.4 Å². The minimum Gasteiger partial charge on any atom is -0.480 e. The van der Waals surface area contributed by atoms with E-state index in [9.17, 15) is 4.79 Å². The highest BCUT2D eigenvalue weighted by Gasteiger charge is 1.94. The average molecular weight is 160 g/mol. The molecule has 0 amide bonds. The van der Waals surface area contributed by atoms with E-state index in [0.29, 0.717) is 19.8 Å². The van der Waals surface area contributed by atoms with Crippen LogP contribution in [0.1, 0.15) is 0 Å². The zero-order valence-electron chi connectivity index (χ0n) is 6.28. The maximum absolute atomic E-state index is 9.91. The van der Waals surface area contributed by atoms with Gasteiger partial charge in [-0.2, -0.15) is 0 Å². The molecule has 0 spiro atoms. The maximum Gasteiger partial charge on any atom is 0.329 e. The van der Waals surface area contributed by atoms with Gasteiger partial charge in [-0.15, -0.1) is 6.58 Å². The van der Waals surface area contributed by atoms with Gasteiger partial charge in [-0.1, -0.05) is 6.08 Å². The SMILES string of the molecule is C=CCOCCOCC(=O)O. The standard InChI is InChI=1S/C7H12O4/c1-2-3-10-4-5-11-6-7(8)9/h2H,1,3-6H2,(H,8,9). The Morgan fingerprint density at radius 2 is 2.09 bits per heavy atom. The van der Waals surface area contributed by atoms with Gasteiger partial charge in [-0.25, -0.2) is 4.79 Å². The smallest absolute Gasteiger partial charge is 0.329 e. The van der Waals surface area contributed by atoms with Crippen molar-refractivity contribution in [2.24, 2.45) is 0 Å². The molecule has 0 saturated heterocycles. The second kappa shape index (κ2) is 7.24.